The summed E-state index contributed by atoms with van der Waals surface area (Å²) in [6, 6.07) is 8.26. The molecule has 0 radical (unpaired) electrons. The van der Waals surface area contributed by atoms with Gasteiger partial charge in [0.05, 0.1) is 24.5 Å². The van der Waals surface area contributed by atoms with E-state index in [1.165, 1.54) is 19.4 Å². The lowest BCUT2D eigenvalue weighted by molar-refractivity contribution is -0.112. The van der Waals surface area contributed by atoms with Crippen LogP contribution in [0, 0.1) is 11.3 Å². The van der Waals surface area contributed by atoms with E-state index >= 15 is 0 Å². The number of esters is 1. The Balaban J connectivity index is 2.64. The van der Waals surface area contributed by atoms with Crippen molar-refractivity contribution in [3.8, 4) is 6.07 Å². The van der Waals surface area contributed by atoms with Crippen LogP contribution in [0.1, 0.15) is 30.6 Å². The monoisotopic (exact) mass is 345 g/mol. The molecular weight excluding hydrogens is 322 g/mol. The minimum Gasteiger partial charge on any atom is -0.465 e. The molecule has 0 saturated carbocycles. The molecule has 0 aliphatic carbocycles. The third-order valence-corrected chi connectivity index (χ3v) is 3.11. The number of nitriles is 1. The fraction of sp³-hybridized carbons (Fsp3) is 0.389. The SMILES string of the molecule is COC(=O)c1ccccc1NC(=O)/C(C#N)=C\NCCCOC(C)C. The van der Waals surface area contributed by atoms with E-state index in [2.05, 4.69) is 15.4 Å². The molecular formula is C18H23N3O4. The van der Waals surface area contributed by atoms with E-state index in [0.717, 1.165) is 6.42 Å². The predicted molar refractivity (Wildman–Crippen MR) is 93.8 cm³/mol. The van der Waals surface area contributed by atoms with Gasteiger partial charge in [0, 0.05) is 19.4 Å². The van der Waals surface area contributed by atoms with Crippen LogP contribution < -0.4 is 10.6 Å². The minimum atomic E-state index is -0.607. The lowest BCUT2D eigenvalue weighted by atomic mass is 10.1. The number of rotatable bonds is 9. The van der Waals surface area contributed by atoms with Gasteiger partial charge in [-0.15, -0.1) is 0 Å². The van der Waals surface area contributed by atoms with E-state index in [4.69, 9.17) is 10.00 Å². The van der Waals surface area contributed by atoms with Gasteiger partial charge in [0.25, 0.3) is 5.91 Å². The summed E-state index contributed by atoms with van der Waals surface area (Å²) in [6.07, 6.45) is 2.27. The van der Waals surface area contributed by atoms with Gasteiger partial charge < -0.3 is 20.1 Å². The van der Waals surface area contributed by atoms with Crippen LogP contribution in [0.3, 0.4) is 0 Å². The van der Waals surface area contributed by atoms with Crippen molar-refractivity contribution in [3.63, 3.8) is 0 Å². The Labute approximate surface area is 147 Å². The van der Waals surface area contributed by atoms with E-state index in [-0.39, 0.29) is 22.9 Å². The molecule has 0 aliphatic rings. The van der Waals surface area contributed by atoms with Crippen LogP contribution in [0.25, 0.3) is 0 Å². The predicted octanol–water partition coefficient (Wildman–Crippen LogP) is 2.22. The number of amides is 1. The van der Waals surface area contributed by atoms with Gasteiger partial charge in [0.1, 0.15) is 11.6 Å². The third-order valence-electron chi connectivity index (χ3n) is 3.11. The van der Waals surface area contributed by atoms with Crippen LogP contribution in [0.4, 0.5) is 5.69 Å². The average Bonchev–Trinajstić information content (AvgIpc) is 2.60. The number of benzene rings is 1. The van der Waals surface area contributed by atoms with E-state index in [0.29, 0.717) is 13.2 Å². The number of carbonyl (C=O) groups excluding carboxylic acids is 2. The molecule has 1 rings (SSSR count). The number of nitrogens with zero attached hydrogens (tertiary/aromatic N) is 1. The summed E-state index contributed by atoms with van der Waals surface area (Å²) < 4.78 is 10.1. The van der Waals surface area contributed by atoms with Crippen LogP contribution >= 0.6 is 0 Å². The van der Waals surface area contributed by atoms with E-state index in [9.17, 15) is 9.59 Å². The Morgan fingerprint density at radius 2 is 2.04 bits per heavy atom. The van der Waals surface area contributed by atoms with Crippen molar-refractivity contribution >= 4 is 17.6 Å². The molecule has 0 aliphatic heterocycles. The molecule has 0 fully saturated rings. The highest BCUT2D eigenvalue weighted by atomic mass is 16.5. The standard InChI is InChI=1S/C18H23N3O4/c1-13(2)25-10-6-9-20-12-14(11-19)17(22)21-16-8-5-4-7-15(16)18(23)24-3/h4-5,7-8,12-13,20H,6,9-10H2,1-3H3,(H,21,22)/b14-12-. The fourth-order valence-electron chi connectivity index (χ4n) is 1.89. The molecule has 0 spiro atoms. The maximum absolute atomic E-state index is 12.2. The number of hydrogen-bond acceptors (Lipinski definition) is 6. The zero-order valence-corrected chi connectivity index (χ0v) is 14.7. The summed E-state index contributed by atoms with van der Waals surface area (Å²) in [7, 11) is 1.26. The summed E-state index contributed by atoms with van der Waals surface area (Å²) >= 11 is 0. The van der Waals surface area contributed by atoms with E-state index < -0.39 is 11.9 Å². The number of ether oxygens (including phenoxy) is 2. The highest BCUT2D eigenvalue weighted by Crippen LogP contribution is 2.16. The number of hydrogen-bond donors (Lipinski definition) is 2. The zero-order chi connectivity index (χ0) is 18.7. The number of nitrogens with one attached hydrogen (secondary N) is 2. The van der Waals surface area contributed by atoms with Gasteiger partial charge in [0.15, 0.2) is 0 Å². The molecule has 1 aromatic rings. The van der Waals surface area contributed by atoms with Gasteiger partial charge in [-0.3, -0.25) is 4.79 Å². The highest BCUT2D eigenvalue weighted by molar-refractivity contribution is 6.09. The second-order valence-corrected chi connectivity index (χ2v) is 5.39. The Morgan fingerprint density at radius 1 is 1.32 bits per heavy atom. The largest absolute Gasteiger partial charge is 0.465 e. The van der Waals surface area contributed by atoms with Gasteiger partial charge in [-0.05, 0) is 32.4 Å². The van der Waals surface area contributed by atoms with Crippen LogP contribution in [-0.2, 0) is 14.3 Å². The number of anilines is 1. The topological polar surface area (TPSA) is 100 Å². The first-order chi connectivity index (χ1) is 12.0. The van der Waals surface area contributed by atoms with Crippen molar-refractivity contribution in [2.24, 2.45) is 0 Å². The van der Waals surface area contributed by atoms with Crippen LogP contribution in [0.2, 0.25) is 0 Å². The maximum atomic E-state index is 12.2. The van der Waals surface area contributed by atoms with Crippen LogP contribution in [-0.4, -0.2) is 38.2 Å². The van der Waals surface area contributed by atoms with Crippen molar-refractivity contribution in [2.75, 3.05) is 25.6 Å². The van der Waals surface area contributed by atoms with E-state index in [1.54, 1.807) is 18.2 Å². The summed E-state index contributed by atoms with van der Waals surface area (Å²) in [5, 5.41) is 14.6. The molecule has 0 atom stereocenters. The normalized spacial score (nSPS) is 10.9. The lowest BCUT2D eigenvalue weighted by Crippen LogP contribution is -2.19. The summed E-state index contributed by atoms with van der Waals surface area (Å²) in [4.78, 5) is 23.9. The van der Waals surface area contributed by atoms with Gasteiger partial charge >= 0.3 is 5.97 Å². The second-order valence-electron chi connectivity index (χ2n) is 5.39. The van der Waals surface area contributed by atoms with Crippen molar-refractivity contribution in [1.29, 1.82) is 5.26 Å². The first-order valence-corrected chi connectivity index (χ1v) is 7.93. The highest BCUT2D eigenvalue weighted by Gasteiger charge is 2.15. The molecule has 7 nitrogen and oxygen atoms in total. The maximum Gasteiger partial charge on any atom is 0.339 e. The molecule has 134 valence electrons. The Bertz CT molecular complexity index is 663. The zero-order valence-electron chi connectivity index (χ0n) is 14.7. The minimum absolute atomic E-state index is 0.0931. The van der Waals surface area contributed by atoms with E-state index in [1.807, 2.05) is 19.9 Å². The second kappa shape index (κ2) is 10.8. The molecule has 7 heteroatoms. The van der Waals surface area contributed by atoms with Crippen LogP contribution in [0.15, 0.2) is 36.0 Å². The fourth-order valence-corrected chi connectivity index (χ4v) is 1.89. The summed E-state index contributed by atoms with van der Waals surface area (Å²) in [5.74, 6) is -1.17. The molecule has 25 heavy (non-hydrogen) atoms. The van der Waals surface area contributed by atoms with Crippen molar-refractivity contribution < 1.29 is 19.1 Å². The van der Waals surface area contributed by atoms with Crippen molar-refractivity contribution in [3.05, 3.63) is 41.6 Å². The molecule has 1 amide bonds. The molecule has 0 heterocycles. The van der Waals surface area contributed by atoms with Gasteiger partial charge in [0.2, 0.25) is 0 Å². The molecule has 0 bridgehead atoms. The Kier molecular flexibility index (Phi) is 8.75. The summed E-state index contributed by atoms with van der Waals surface area (Å²) in [5.41, 5.74) is 0.407. The number of para-hydroxylation sites is 1. The quantitative estimate of drug-likeness (QED) is 0.308. The molecule has 0 unspecified atom stereocenters. The molecule has 0 aromatic heterocycles. The van der Waals surface area contributed by atoms with Crippen LogP contribution in [0.5, 0.6) is 0 Å². The van der Waals surface area contributed by atoms with Gasteiger partial charge in [-0.1, -0.05) is 12.1 Å². The number of methoxy groups -OCH3 is 1. The average molecular weight is 345 g/mol. The van der Waals surface area contributed by atoms with Gasteiger partial charge in [-0.2, -0.15) is 5.26 Å². The molecule has 2 N–H and O–H groups in total. The first kappa shape index (κ1) is 20.2. The lowest BCUT2D eigenvalue weighted by Gasteiger charge is -2.09. The molecule has 0 saturated heterocycles. The van der Waals surface area contributed by atoms with Crippen molar-refractivity contribution in [1.82, 2.24) is 5.32 Å². The van der Waals surface area contributed by atoms with Crippen molar-refractivity contribution in [2.45, 2.75) is 26.4 Å². The first-order valence-electron chi connectivity index (χ1n) is 7.93. The Hall–Kier alpha value is -2.85. The number of carbonyl (C=O) groups is 2. The molecule has 1 aromatic carbocycles. The summed E-state index contributed by atoms with van der Waals surface area (Å²) in [6.45, 7) is 5.08. The third kappa shape index (κ3) is 7.06. The Morgan fingerprint density at radius 3 is 2.68 bits per heavy atom. The van der Waals surface area contributed by atoms with Gasteiger partial charge in [-0.25, -0.2) is 4.79 Å². The smallest absolute Gasteiger partial charge is 0.339 e.